The minimum atomic E-state index is -0.0796. The molecule has 2 N–H and O–H groups in total. The monoisotopic (exact) mass is 309 g/mol. The van der Waals surface area contributed by atoms with Gasteiger partial charge < -0.3 is 15.0 Å². The van der Waals surface area contributed by atoms with Crippen molar-refractivity contribution in [2.24, 2.45) is 0 Å². The first kappa shape index (κ1) is 15.1. The first-order valence-corrected chi connectivity index (χ1v) is 7.60. The molecule has 0 unspecified atom stereocenters. The number of methoxy groups -OCH3 is 1. The standard InChI is InChI=1S/C18H19N3O2/c1-3-17-20-14-9-8-13(11-15(14)21-17)19-18(22)10-12-6-4-5-7-16(12)23-2/h4-9,11H,3,10H2,1-2H3,(H,19,22)(H,20,21). The predicted molar refractivity (Wildman–Crippen MR) is 90.8 cm³/mol. The molecule has 0 saturated heterocycles. The Kier molecular flexibility index (Phi) is 4.28. The molecule has 0 radical (unpaired) electrons. The Morgan fingerprint density at radius 3 is 2.87 bits per heavy atom. The zero-order chi connectivity index (χ0) is 16.2. The molecule has 2 aromatic carbocycles. The summed E-state index contributed by atoms with van der Waals surface area (Å²) in [6, 6.07) is 13.2. The molecule has 0 saturated carbocycles. The zero-order valence-corrected chi connectivity index (χ0v) is 13.2. The third-order valence-electron chi connectivity index (χ3n) is 3.69. The normalized spacial score (nSPS) is 10.7. The quantitative estimate of drug-likeness (QED) is 0.760. The Bertz CT molecular complexity index is 839. The van der Waals surface area contributed by atoms with E-state index in [2.05, 4.69) is 15.3 Å². The lowest BCUT2D eigenvalue weighted by Gasteiger charge is -2.09. The molecule has 5 heteroatoms. The van der Waals surface area contributed by atoms with Crippen LogP contribution in [0.1, 0.15) is 18.3 Å². The minimum absolute atomic E-state index is 0.0796. The van der Waals surface area contributed by atoms with Crippen molar-refractivity contribution < 1.29 is 9.53 Å². The Morgan fingerprint density at radius 2 is 2.09 bits per heavy atom. The molecule has 0 aliphatic heterocycles. The fourth-order valence-corrected chi connectivity index (χ4v) is 2.53. The van der Waals surface area contributed by atoms with Crippen molar-refractivity contribution in [3.05, 3.63) is 53.9 Å². The maximum absolute atomic E-state index is 12.3. The highest BCUT2D eigenvalue weighted by molar-refractivity contribution is 5.94. The number of para-hydroxylation sites is 1. The highest BCUT2D eigenvalue weighted by Gasteiger charge is 2.09. The summed E-state index contributed by atoms with van der Waals surface area (Å²) in [4.78, 5) is 20.0. The number of anilines is 1. The van der Waals surface area contributed by atoms with Gasteiger partial charge in [0.2, 0.25) is 5.91 Å². The number of H-pyrrole nitrogens is 1. The van der Waals surface area contributed by atoms with Gasteiger partial charge in [-0.25, -0.2) is 4.98 Å². The van der Waals surface area contributed by atoms with Crippen LogP contribution < -0.4 is 10.1 Å². The lowest BCUT2D eigenvalue weighted by atomic mass is 10.1. The van der Waals surface area contributed by atoms with Gasteiger partial charge in [0, 0.05) is 17.7 Å². The summed E-state index contributed by atoms with van der Waals surface area (Å²) in [7, 11) is 1.61. The fraction of sp³-hybridized carbons (Fsp3) is 0.222. The summed E-state index contributed by atoms with van der Waals surface area (Å²) < 4.78 is 5.28. The molecule has 1 heterocycles. The second-order valence-electron chi connectivity index (χ2n) is 5.31. The second kappa shape index (κ2) is 6.52. The van der Waals surface area contributed by atoms with Crippen LogP contribution in [0.4, 0.5) is 5.69 Å². The van der Waals surface area contributed by atoms with Gasteiger partial charge in [-0.2, -0.15) is 0 Å². The van der Waals surface area contributed by atoms with Crippen LogP contribution in [0.3, 0.4) is 0 Å². The number of hydrogen-bond donors (Lipinski definition) is 2. The third-order valence-corrected chi connectivity index (χ3v) is 3.69. The predicted octanol–water partition coefficient (Wildman–Crippen LogP) is 3.32. The van der Waals surface area contributed by atoms with Gasteiger partial charge in [-0.05, 0) is 24.3 Å². The van der Waals surface area contributed by atoms with E-state index in [0.29, 0.717) is 0 Å². The van der Waals surface area contributed by atoms with Crippen LogP contribution in [-0.4, -0.2) is 23.0 Å². The van der Waals surface area contributed by atoms with Crippen molar-refractivity contribution in [1.29, 1.82) is 0 Å². The molecule has 23 heavy (non-hydrogen) atoms. The lowest BCUT2D eigenvalue weighted by molar-refractivity contribution is -0.115. The zero-order valence-electron chi connectivity index (χ0n) is 13.2. The number of imidazole rings is 1. The lowest BCUT2D eigenvalue weighted by Crippen LogP contribution is -2.14. The summed E-state index contributed by atoms with van der Waals surface area (Å²) in [5, 5.41) is 2.92. The van der Waals surface area contributed by atoms with Crippen LogP contribution in [0.2, 0.25) is 0 Å². The average molecular weight is 309 g/mol. The number of aryl methyl sites for hydroxylation is 1. The van der Waals surface area contributed by atoms with Crippen LogP contribution in [-0.2, 0) is 17.6 Å². The van der Waals surface area contributed by atoms with Crippen LogP contribution in [0.5, 0.6) is 5.75 Å². The molecule has 0 bridgehead atoms. The molecule has 0 aliphatic rings. The second-order valence-corrected chi connectivity index (χ2v) is 5.31. The molecule has 1 amide bonds. The van der Waals surface area contributed by atoms with Gasteiger partial charge in [-0.3, -0.25) is 4.79 Å². The summed E-state index contributed by atoms with van der Waals surface area (Å²) in [6.45, 7) is 2.05. The first-order chi connectivity index (χ1) is 11.2. The van der Waals surface area contributed by atoms with Crippen molar-refractivity contribution in [3.8, 4) is 5.75 Å². The van der Waals surface area contributed by atoms with E-state index in [1.54, 1.807) is 7.11 Å². The Hall–Kier alpha value is -2.82. The summed E-state index contributed by atoms with van der Waals surface area (Å²) >= 11 is 0. The van der Waals surface area contributed by atoms with Crippen LogP contribution >= 0.6 is 0 Å². The maximum atomic E-state index is 12.3. The number of aromatic nitrogens is 2. The van der Waals surface area contributed by atoms with Gasteiger partial charge >= 0.3 is 0 Å². The number of nitrogens with zero attached hydrogens (tertiary/aromatic N) is 1. The summed E-state index contributed by atoms with van der Waals surface area (Å²) in [6.07, 6.45) is 1.12. The van der Waals surface area contributed by atoms with Crippen molar-refractivity contribution >= 4 is 22.6 Å². The van der Waals surface area contributed by atoms with E-state index in [1.807, 2.05) is 49.4 Å². The molecule has 118 valence electrons. The number of carbonyl (C=O) groups excluding carboxylic acids is 1. The van der Waals surface area contributed by atoms with Crippen LogP contribution in [0, 0.1) is 0 Å². The van der Waals surface area contributed by atoms with E-state index in [1.165, 1.54) is 0 Å². The topological polar surface area (TPSA) is 67.0 Å². The van der Waals surface area contributed by atoms with Crippen molar-refractivity contribution in [3.63, 3.8) is 0 Å². The largest absolute Gasteiger partial charge is 0.496 e. The van der Waals surface area contributed by atoms with E-state index in [-0.39, 0.29) is 12.3 Å². The minimum Gasteiger partial charge on any atom is -0.496 e. The molecular weight excluding hydrogens is 290 g/mol. The smallest absolute Gasteiger partial charge is 0.228 e. The van der Waals surface area contributed by atoms with Gasteiger partial charge in [0.15, 0.2) is 0 Å². The molecule has 0 atom stereocenters. The molecule has 0 fully saturated rings. The highest BCUT2D eigenvalue weighted by atomic mass is 16.5. The Balaban J connectivity index is 1.74. The van der Waals surface area contributed by atoms with E-state index < -0.39 is 0 Å². The molecule has 0 spiro atoms. The molecular formula is C18H19N3O2. The number of aromatic amines is 1. The van der Waals surface area contributed by atoms with Crippen LogP contribution in [0.15, 0.2) is 42.5 Å². The Morgan fingerprint density at radius 1 is 1.26 bits per heavy atom. The van der Waals surface area contributed by atoms with E-state index in [0.717, 1.165) is 40.3 Å². The third kappa shape index (κ3) is 3.34. The number of fused-ring (bicyclic) bond motifs is 1. The van der Waals surface area contributed by atoms with Gasteiger partial charge in [-0.15, -0.1) is 0 Å². The molecule has 1 aromatic heterocycles. The number of amides is 1. The highest BCUT2D eigenvalue weighted by Crippen LogP contribution is 2.20. The number of rotatable bonds is 5. The number of hydrogen-bond acceptors (Lipinski definition) is 3. The Labute approximate surface area is 134 Å². The number of benzene rings is 2. The summed E-state index contributed by atoms with van der Waals surface area (Å²) in [5.74, 6) is 1.58. The van der Waals surface area contributed by atoms with Crippen molar-refractivity contribution in [2.45, 2.75) is 19.8 Å². The van der Waals surface area contributed by atoms with Crippen molar-refractivity contribution in [2.75, 3.05) is 12.4 Å². The maximum Gasteiger partial charge on any atom is 0.228 e. The SMILES string of the molecule is CCc1nc2ccc(NC(=O)Cc3ccccc3OC)cc2[nH]1. The van der Waals surface area contributed by atoms with E-state index in [9.17, 15) is 4.79 Å². The van der Waals surface area contributed by atoms with Gasteiger partial charge in [0.25, 0.3) is 0 Å². The molecule has 3 rings (SSSR count). The molecule has 0 aliphatic carbocycles. The van der Waals surface area contributed by atoms with Gasteiger partial charge in [0.05, 0.1) is 24.6 Å². The number of nitrogens with one attached hydrogen (secondary N) is 2. The van der Waals surface area contributed by atoms with Crippen LogP contribution in [0.25, 0.3) is 11.0 Å². The molecule has 5 nitrogen and oxygen atoms in total. The average Bonchev–Trinajstić information content (AvgIpc) is 2.97. The number of ether oxygens (including phenoxy) is 1. The van der Waals surface area contributed by atoms with Gasteiger partial charge in [-0.1, -0.05) is 25.1 Å². The summed E-state index contributed by atoms with van der Waals surface area (Å²) in [5.41, 5.74) is 3.45. The number of carbonyl (C=O) groups is 1. The molecule has 3 aromatic rings. The fourth-order valence-electron chi connectivity index (χ4n) is 2.53. The van der Waals surface area contributed by atoms with E-state index in [4.69, 9.17) is 4.74 Å². The first-order valence-electron chi connectivity index (χ1n) is 7.60. The van der Waals surface area contributed by atoms with Gasteiger partial charge in [0.1, 0.15) is 11.6 Å². The van der Waals surface area contributed by atoms with E-state index >= 15 is 0 Å². The van der Waals surface area contributed by atoms with Crippen molar-refractivity contribution in [1.82, 2.24) is 9.97 Å².